The summed E-state index contributed by atoms with van der Waals surface area (Å²) in [5.41, 5.74) is 2.22. The Hall–Kier alpha value is -4.05. The zero-order valence-corrected chi connectivity index (χ0v) is 19.5. The lowest BCUT2D eigenvalue weighted by Gasteiger charge is -2.13. The van der Waals surface area contributed by atoms with Gasteiger partial charge >= 0.3 is 0 Å². The molecule has 1 unspecified atom stereocenters. The van der Waals surface area contributed by atoms with Gasteiger partial charge in [-0.15, -0.1) is 10.2 Å². The van der Waals surface area contributed by atoms with Crippen LogP contribution in [-0.4, -0.2) is 30.3 Å². The first kappa shape index (κ1) is 22.7. The van der Waals surface area contributed by atoms with Gasteiger partial charge in [0.2, 0.25) is 11.7 Å². The number of aromatic nitrogens is 4. The van der Waals surface area contributed by atoms with E-state index in [2.05, 4.69) is 15.5 Å². The Morgan fingerprint density at radius 1 is 1.00 bits per heavy atom. The Balaban J connectivity index is 1.56. The van der Waals surface area contributed by atoms with Crippen LogP contribution in [0.25, 0.3) is 22.4 Å². The van der Waals surface area contributed by atoms with E-state index >= 15 is 0 Å². The number of anilines is 1. The van der Waals surface area contributed by atoms with Crippen molar-refractivity contribution in [2.75, 3.05) is 5.32 Å². The van der Waals surface area contributed by atoms with Gasteiger partial charge in [-0.25, -0.2) is 13.3 Å². The van der Waals surface area contributed by atoms with E-state index in [0.29, 0.717) is 27.5 Å². The molecule has 0 spiro atoms. The van der Waals surface area contributed by atoms with Crippen LogP contribution in [0.3, 0.4) is 0 Å². The number of thioether (sulfide) groups is 1. The topological polar surface area (TPSA) is 81.3 Å². The smallest absolute Gasteiger partial charge is 0.267 e. The first-order chi connectivity index (χ1) is 16.8. The van der Waals surface area contributed by atoms with Crippen LogP contribution in [0.2, 0.25) is 0 Å². The largest absolute Gasteiger partial charge is 0.325 e. The molecule has 0 bridgehead atoms. The van der Waals surface area contributed by atoms with Crippen LogP contribution in [0.5, 0.6) is 0 Å². The van der Waals surface area contributed by atoms with Crippen molar-refractivity contribution in [2.24, 2.45) is 0 Å². The SMILES string of the molecule is Cc1ccc(-n2c(=O)c3ccccc3n3c(SC(C)C(=O)Nc4ccc(F)c(F)c4)nnc23)cc1. The van der Waals surface area contributed by atoms with Crippen LogP contribution < -0.4 is 10.9 Å². The fourth-order valence-electron chi connectivity index (χ4n) is 3.71. The van der Waals surface area contributed by atoms with E-state index in [0.717, 1.165) is 29.5 Å². The van der Waals surface area contributed by atoms with Crippen LogP contribution in [0.15, 0.2) is 76.7 Å². The molecule has 35 heavy (non-hydrogen) atoms. The minimum atomic E-state index is -1.05. The number of fused-ring (bicyclic) bond motifs is 3. The van der Waals surface area contributed by atoms with Crippen molar-refractivity contribution < 1.29 is 13.6 Å². The summed E-state index contributed by atoms with van der Waals surface area (Å²) < 4.78 is 29.9. The van der Waals surface area contributed by atoms with Crippen molar-refractivity contribution in [3.8, 4) is 5.69 Å². The zero-order valence-electron chi connectivity index (χ0n) is 18.7. The number of hydrogen-bond donors (Lipinski definition) is 1. The third-order valence-corrected chi connectivity index (χ3v) is 6.57. The minimum absolute atomic E-state index is 0.145. The molecule has 176 valence electrons. The van der Waals surface area contributed by atoms with Crippen molar-refractivity contribution in [1.82, 2.24) is 19.2 Å². The van der Waals surface area contributed by atoms with Crippen molar-refractivity contribution >= 4 is 40.0 Å². The van der Waals surface area contributed by atoms with E-state index in [9.17, 15) is 18.4 Å². The minimum Gasteiger partial charge on any atom is -0.325 e. The van der Waals surface area contributed by atoms with Gasteiger partial charge in [-0.1, -0.05) is 41.6 Å². The van der Waals surface area contributed by atoms with E-state index in [-0.39, 0.29) is 11.2 Å². The number of carbonyl (C=O) groups excluding carboxylic acids is 1. The molecule has 0 radical (unpaired) electrons. The van der Waals surface area contributed by atoms with E-state index < -0.39 is 22.8 Å². The standard InChI is InChI=1S/C25H19F2N5O2S/c1-14-7-10-17(11-8-14)31-23(34)18-5-3-4-6-21(18)32-24(31)29-30-25(32)35-15(2)22(33)28-16-9-12-19(26)20(27)13-16/h3-13,15H,1-2H3,(H,28,33). The summed E-state index contributed by atoms with van der Waals surface area (Å²) >= 11 is 1.14. The van der Waals surface area contributed by atoms with E-state index in [1.165, 1.54) is 10.6 Å². The number of para-hydroxylation sites is 1. The molecule has 7 nitrogen and oxygen atoms in total. The summed E-state index contributed by atoms with van der Waals surface area (Å²) in [7, 11) is 0. The maximum absolute atomic E-state index is 13.5. The van der Waals surface area contributed by atoms with E-state index in [1.807, 2.05) is 37.3 Å². The Bertz CT molecular complexity index is 1650. The molecule has 5 aromatic rings. The number of amides is 1. The summed E-state index contributed by atoms with van der Waals surface area (Å²) in [4.78, 5) is 26.1. The number of halogens is 2. The summed E-state index contributed by atoms with van der Waals surface area (Å²) in [6.45, 7) is 3.63. The van der Waals surface area contributed by atoms with Gasteiger partial charge in [0, 0.05) is 11.8 Å². The Kier molecular flexibility index (Phi) is 5.81. The highest BCUT2D eigenvalue weighted by Gasteiger charge is 2.22. The van der Waals surface area contributed by atoms with Crippen LogP contribution >= 0.6 is 11.8 Å². The molecule has 10 heteroatoms. The number of nitrogens with one attached hydrogen (secondary N) is 1. The van der Waals surface area contributed by atoms with Gasteiger partial charge < -0.3 is 5.32 Å². The Morgan fingerprint density at radius 3 is 2.49 bits per heavy atom. The second kappa shape index (κ2) is 8.95. The molecule has 3 aromatic carbocycles. The van der Waals surface area contributed by atoms with Gasteiger partial charge in [-0.3, -0.25) is 14.0 Å². The van der Waals surface area contributed by atoms with E-state index in [1.54, 1.807) is 29.5 Å². The molecule has 1 amide bonds. The Labute approximate surface area is 202 Å². The molecule has 5 rings (SSSR count). The maximum atomic E-state index is 13.5. The summed E-state index contributed by atoms with van der Waals surface area (Å²) in [6, 6.07) is 17.8. The van der Waals surface area contributed by atoms with Crippen LogP contribution in [0.1, 0.15) is 12.5 Å². The second-order valence-electron chi connectivity index (χ2n) is 7.99. The fraction of sp³-hybridized carbons (Fsp3) is 0.120. The third kappa shape index (κ3) is 4.17. The molecule has 0 aliphatic carbocycles. The van der Waals surface area contributed by atoms with Gasteiger partial charge in [-0.05, 0) is 50.2 Å². The van der Waals surface area contributed by atoms with Gasteiger partial charge in [0.05, 0.1) is 21.8 Å². The number of nitrogens with zero attached hydrogens (tertiary/aromatic N) is 4. The average molecular weight is 492 g/mol. The fourth-order valence-corrected chi connectivity index (χ4v) is 4.57. The number of carbonyl (C=O) groups is 1. The van der Waals surface area contributed by atoms with Gasteiger partial charge in [0.25, 0.3) is 5.56 Å². The molecular formula is C25H19F2N5O2S. The maximum Gasteiger partial charge on any atom is 0.267 e. The quantitative estimate of drug-likeness (QED) is 0.359. The average Bonchev–Trinajstić information content (AvgIpc) is 3.26. The lowest BCUT2D eigenvalue weighted by molar-refractivity contribution is -0.115. The molecule has 2 heterocycles. The monoisotopic (exact) mass is 491 g/mol. The molecule has 0 aliphatic rings. The lowest BCUT2D eigenvalue weighted by atomic mass is 10.2. The normalized spacial score (nSPS) is 12.2. The first-order valence-corrected chi connectivity index (χ1v) is 11.6. The molecule has 0 saturated heterocycles. The molecule has 0 saturated carbocycles. The zero-order chi connectivity index (χ0) is 24.7. The molecule has 0 aliphatic heterocycles. The van der Waals surface area contributed by atoms with E-state index in [4.69, 9.17) is 0 Å². The highest BCUT2D eigenvalue weighted by Crippen LogP contribution is 2.27. The molecular weight excluding hydrogens is 472 g/mol. The van der Waals surface area contributed by atoms with Crippen molar-refractivity contribution in [1.29, 1.82) is 0 Å². The molecule has 2 aromatic heterocycles. The van der Waals surface area contributed by atoms with Gasteiger partial charge in [-0.2, -0.15) is 0 Å². The van der Waals surface area contributed by atoms with Crippen LogP contribution in [-0.2, 0) is 4.79 Å². The van der Waals surface area contributed by atoms with Crippen LogP contribution in [0, 0.1) is 18.6 Å². The summed E-state index contributed by atoms with van der Waals surface area (Å²) in [5, 5.41) is 11.4. The third-order valence-electron chi connectivity index (χ3n) is 5.53. The van der Waals surface area contributed by atoms with Crippen LogP contribution in [0.4, 0.5) is 14.5 Å². The Morgan fingerprint density at radius 2 is 1.74 bits per heavy atom. The van der Waals surface area contributed by atoms with Gasteiger partial charge in [0.1, 0.15) is 0 Å². The number of hydrogen-bond acceptors (Lipinski definition) is 5. The molecule has 0 fully saturated rings. The predicted molar refractivity (Wildman–Crippen MR) is 131 cm³/mol. The predicted octanol–water partition coefficient (Wildman–Crippen LogP) is 4.74. The highest BCUT2D eigenvalue weighted by molar-refractivity contribution is 8.00. The highest BCUT2D eigenvalue weighted by atomic mass is 32.2. The number of aryl methyl sites for hydroxylation is 1. The molecule has 1 N–H and O–H groups in total. The number of rotatable bonds is 5. The second-order valence-corrected chi connectivity index (χ2v) is 9.30. The summed E-state index contributed by atoms with van der Waals surface area (Å²) in [6.07, 6.45) is 0. The van der Waals surface area contributed by atoms with Crippen molar-refractivity contribution in [2.45, 2.75) is 24.3 Å². The van der Waals surface area contributed by atoms with Crippen molar-refractivity contribution in [3.05, 3.63) is 94.3 Å². The lowest BCUT2D eigenvalue weighted by Crippen LogP contribution is -2.23. The molecule has 1 atom stereocenters. The van der Waals surface area contributed by atoms with Gasteiger partial charge in [0.15, 0.2) is 16.8 Å². The summed E-state index contributed by atoms with van der Waals surface area (Å²) in [5.74, 6) is -2.15. The number of benzene rings is 3. The first-order valence-electron chi connectivity index (χ1n) is 10.7. The van der Waals surface area contributed by atoms with Crippen molar-refractivity contribution in [3.63, 3.8) is 0 Å².